The van der Waals surface area contributed by atoms with E-state index in [2.05, 4.69) is 27.3 Å². The largest absolute Gasteiger partial charge is 0.369 e. The number of piperazine rings is 1. The van der Waals surface area contributed by atoms with Gasteiger partial charge in [0.15, 0.2) is 0 Å². The highest BCUT2D eigenvalue weighted by molar-refractivity contribution is 6.07. The average molecular weight is 393 g/mol. The van der Waals surface area contributed by atoms with E-state index in [1.54, 1.807) is 25.4 Å². The van der Waals surface area contributed by atoms with Crippen molar-refractivity contribution in [2.75, 3.05) is 43.4 Å². The molecule has 0 aliphatic carbocycles. The lowest BCUT2D eigenvalue weighted by atomic mass is 10.1. The number of halogens is 1. The summed E-state index contributed by atoms with van der Waals surface area (Å²) >= 11 is 0. The van der Waals surface area contributed by atoms with Crippen LogP contribution in [0, 0.1) is 5.82 Å². The van der Waals surface area contributed by atoms with Crippen LogP contribution < -0.4 is 10.2 Å². The van der Waals surface area contributed by atoms with Gasteiger partial charge in [-0.15, -0.1) is 0 Å². The van der Waals surface area contributed by atoms with E-state index in [-0.39, 0.29) is 11.7 Å². The SMILES string of the molecule is CN1CCN(c2ccc(NC(=O)c3c(-c4ccc(F)cc4)cnn3C)cc2)CC1. The highest BCUT2D eigenvalue weighted by Crippen LogP contribution is 2.25. The number of likely N-dealkylation sites (N-methyl/N-ethyl adjacent to an activating group) is 1. The molecule has 1 saturated heterocycles. The lowest BCUT2D eigenvalue weighted by Gasteiger charge is -2.34. The zero-order valence-corrected chi connectivity index (χ0v) is 16.6. The molecule has 0 saturated carbocycles. The Morgan fingerprint density at radius 3 is 2.28 bits per heavy atom. The molecule has 29 heavy (non-hydrogen) atoms. The summed E-state index contributed by atoms with van der Waals surface area (Å²) in [5.41, 5.74) is 3.72. The minimum absolute atomic E-state index is 0.253. The van der Waals surface area contributed by atoms with Gasteiger partial charge in [-0.2, -0.15) is 5.10 Å². The normalized spacial score (nSPS) is 14.8. The molecule has 0 radical (unpaired) electrons. The number of carbonyl (C=O) groups is 1. The Kier molecular flexibility index (Phi) is 5.31. The van der Waals surface area contributed by atoms with Gasteiger partial charge >= 0.3 is 0 Å². The highest BCUT2D eigenvalue weighted by atomic mass is 19.1. The van der Waals surface area contributed by atoms with E-state index in [1.165, 1.54) is 16.8 Å². The molecule has 2 aromatic carbocycles. The lowest BCUT2D eigenvalue weighted by molar-refractivity contribution is 0.101. The number of hydrogen-bond acceptors (Lipinski definition) is 4. The molecule has 1 fully saturated rings. The molecule has 1 N–H and O–H groups in total. The van der Waals surface area contributed by atoms with Crippen LogP contribution >= 0.6 is 0 Å². The summed E-state index contributed by atoms with van der Waals surface area (Å²) in [4.78, 5) is 17.6. The summed E-state index contributed by atoms with van der Waals surface area (Å²) in [7, 11) is 3.85. The maximum Gasteiger partial charge on any atom is 0.274 e. The van der Waals surface area contributed by atoms with Gasteiger partial charge in [-0.1, -0.05) is 12.1 Å². The zero-order valence-electron chi connectivity index (χ0n) is 16.6. The van der Waals surface area contributed by atoms with Crippen molar-refractivity contribution in [3.8, 4) is 11.1 Å². The molecule has 2 heterocycles. The second-order valence-electron chi connectivity index (χ2n) is 7.33. The summed E-state index contributed by atoms with van der Waals surface area (Å²) in [5.74, 6) is -0.569. The Labute approximate surface area is 169 Å². The number of aromatic nitrogens is 2. The van der Waals surface area contributed by atoms with E-state index in [1.807, 2.05) is 24.3 Å². The van der Waals surface area contributed by atoms with Crippen LogP contribution in [0.5, 0.6) is 0 Å². The second-order valence-corrected chi connectivity index (χ2v) is 7.33. The number of carbonyl (C=O) groups excluding carboxylic acids is 1. The van der Waals surface area contributed by atoms with Crippen LogP contribution in [0.25, 0.3) is 11.1 Å². The molecule has 1 aliphatic rings. The molecular formula is C22H24FN5O. The van der Waals surface area contributed by atoms with E-state index in [9.17, 15) is 9.18 Å². The maximum atomic E-state index is 13.2. The van der Waals surface area contributed by atoms with Gasteiger partial charge in [0.1, 0.15) is 11.5 Å². The van der Waals surface area contributed by atoms with Crippen molar-refractivity contribution < 1.29 is 9.18 Å². The molecule has 1 amide bonds. The van der Waals surface area contributed by atoms with Crippen LogP contribution in [-0.2, 0) is 7.05 Å². The van der Waals surface area contributed by atoms with Crippen LogP contribution in [0.4, 0.5) is 15.8 Å². The van der Waals surface area contributed by atoms with E-state index in [0.29, 0.717) is 11.3 Å². The van der Waals surface area contributed by atoms with E-state index in [0.717, 1.165) is 43.1 Å². The molecule has 0 bridgehead atoms. The quantitative estimate of drug-likeness (QED) is 0.740. The number of nitrogens with zero attached hydrogens (tertiary/aromatic N) is 4. The zero-order chi connectivity index (χ0) is 20.4. The Morgan fingerprint density at radius 2 is 1.62 bits per heavy atom. The lowest BCUT2D eigenvalue weighted by Crippen LogP contribution is -2.44. The fraction of sp³-hybridized carbons (Fsp3) is 0.273. The molecular weight excluding hydrogens is 369 g/mol. The average Bonchev–Trinajstić information content (AvgIpc) is 3.11. The van der Waals surface area contributed by atoms with Gasteiger partial charge in [0, 0.05) is 50.2 Å². The van der Waals surface area contributed by atoms with Crippen molar-refractivity contribution >= 4 is 17.3 Å². The minimum atomic E-state index is -0.316. The van der Waals surface area contributed by atoms with Gasteiger partial charge in [0.25, 0.3) is 5.91 Å². The summed E-state index contributed by atoms with van der Waals surface area (Å²) in [6, 6.07) is 13.9. The Hall–Kier alpha value is -3.19. The number of nitrogens with one attached hydrogen (secondary N) is 1. The first-order chi connectivity index (χ1) is 14.0. The van der Waals surface area contributed by atoms with Crippen molar-refractivity contribution in [2.24, 2.45) is 7.05 Å². The van der Waals surface area contributed by atoms with Crippen molar-refractivity contribution in [1.29, 1.82) is 0 Å². The van der Waals surface area contributed by atoms with E-state index >= 15 is 0 Å². The van der Waals surface area contributed by atoms with Gasteiger partial charge in [0.05, 0.1) is 6.20 Å². The Balaban J connectivity index is 1.50. The van der Waals surface area contributed by atoms with E-state index in [4.69, 9.17) is 0 Å². The van der Waals surface area contributed by atoms with Crippen molar-refractivity contribution in [3.63, 3.8) is 0 Å². The first-order valence-corrected chi connectivity index (χ1v) is 9.64. The van der Waals surface area contributed by atoms with Crippen molar-refractivity contribution in [1.82, 2.24) is 14.7 Å². The first-order valence-electron chi connectivity index (χ1n) is 9.64. The summed E-state index contributed by atoms with van der Waals surface area (Å²) in [6.07, 6.45) is 1.62. The predicted octanol–water partition coefficient (Wildman–Crippen LogP) is 3.23. The molecule has 0 atom stereocenters. The number of anilines is 2. The number of aryl methyl sites for hydroxylation is 1. The number of rotatable bonds is 4. The summed E-state index contributed by atoms with van der Waals surface area (Å²) in [6.45, 7) is 4.09. The molecule has 4 rings (SSSR count). The monoisotopic (exact) mass is 393 g/mol. The van der Waals surface area contributed by atoms with Gasteiger partial charge in [-0.3, -0.25) is 9.48 Å². The molecule has 150 valence electrons. The number of amides is 1. The van der Waals surface area contributed by atoms with Crippen LogP contribution in [-0.4, -0.2) is 53.8 Å². The molecule has 1 aromatic heterocycles. The van der Waals surface area contributed by atoms with Crippen LogP contribution in [0.1, 0.15) is 10.5 Å². The predicted molar refractivity (Wildman–Crippen MR) is 113 cm³/mol. The Bertz CT molecular complexity index is 989. The Morgan fingerprint density at radius 1 is 0.966 bits per heavy atom. The molecule has 6 nitrogen and oxygen atoms in total. The van der Waals surface area contributed by atoms with Gasteiger partial charge < -0.3 is 15.1 Å². The second kappa shape index (κ2) is 8.05. The molecule has 1 aliphatic heterocycles. The van der Waals surface area contributed by atoms with Crippen molar-refractivity contribution in [2.45, 2.75) is 0 Å². The topological polar surface area (TPSA) is 53.4 Å². The fourth-order valence-corrected chi connectivity index (χ4v) is 3.56. The van der Waals surface area contributed by atoms with Gasteiger partial charge in [-0.25, -0.2) is 4.39 Å². The third-order valence-electron chi connectivity index (χ3n) is 5.30. The third kappa shape index (κ3) is 4.14. The highest BCUT2D eigenvalue weighted by Gasteiger charge is 2.19. The minimum Gasteiger partial charge on any atom is -0.369 e. The fourth-order valence-electron chi connectivity index (χ4n) is 3.56. The summed E-state index contributed by atoms with van der Waals surface area (Å²) in [5, 5.41) is 7.15. The number of hydrogen-bond donors (Lipinski definition) is 1. The number of benzene rings is 2. The maximum absolute atomic E-state index is 13.2. The first kappa shape index (κ1) is 19.1. The molecule has 0 spiro atoms. The summed E-state index contributed by atoms with van der Waals surface area (Å²) < 4.78 is 14.8. The van der Waals surface area contributed by atoms with Gasteiger partial charge in [-0.05, 0) is 49.0 Å². The van der Waals surface area contributed by atoms with Gasteiger partial charge in [0.2, 0.25) is 0 Å². The van der Waals surface area contributed by atoms with Crippen LogP contribution in [0.3, 0.4) is 0 Å². The molecule has 3 aromatic rings. The van der Waals surface area contributed by atoms with E-state index < -0.39 is 0 Å². The molecule has 7 heteroatoms. The standard InChI is InChI=1S/C22H24FN5O/c1-26-11-13-28(14-12-26)19-9-7-18(8-10-19)25-22(29)21-20(15-24-27(21)2)16-3-5-17(23)6-4-16/h3-10,15H,11-14H2,1-2H3,(H,25,29). The van der Waals surface area contributed by atoms with Crippen LogP contribution in [0.2, 0.25) is 0 Å². The third-order valence-corrected chi connectivity index (χ3v) is 5.30. The molecule has 0 unspecified atom stereocenters. The van der Waals surface area contributed by atoms with Crippen molar-refractivity contribution in [3.05, 3.63) is 66.2 Å². The van der Waals surface area contributed by atoms with Crippen LogP contribution in [0.15, 0.2) is 54.7 Å². The smallest absolute Gasteiger partial charge is 0.274 e.